The first-order valence-corrected chi connectivity index (χ1v) is 6.53. The predicted molar refractivity (Wildman–Crippen MR) is 66.2 cm³/mol. The molecule has 0 aliphatic heterocycles. The third kappa shape index (κ3) is 2.64. The molecule has 2 aromatic rings. The van der Waals surface area contributed by atoms with E-state index in [-0.39, 0.29) is 4.90 Å². The van der Waals surface area contributed by atoms with Gasteiger partial charge in [0.1, 0.15) is 0 Å². The summed E-state index contributed by atoms with van der Waals surface area (Å²) in [7, 11) is -3.64. The van der Waals surface area contributed by atoms with Gasteiger partial charge in [0.2, 0.25) is 0 Å². The van der Waals surface area contributed by atoms with Crippen LogP contribution in [0.5, 0.6) is 0 Å². The third-order valence-corrected chi connectivity index (χ3v) is 3.60. The van der Waals surface area contributed by atoms with Crippen molar-refractivity contribution in [1.29, 1.82) is 5.26 Å². The first-order valence-electron chi connectivity index (χ1n) is 5.05. The number of hydrogen-bond donors (Lipinski definition) is 1. The van der Waals surface area contributed by atoms with Gasteiger partial charge in [-0.1, -0.05) is 0 Å². The zero-order valence-corrected chi connectivity index (χ0v) is 10.1. The molecule has 1 heterocycles. The minimum atomic E-state index is -3.64. The zero-order chi connectivity index (χ0) is 13.0. The lowest BCUT2D eigenvalue weighted by Gasteiger charge is -2.07. The largest absolute Gasteiger partial charge is 0.278 e. The normalized spacial score (nSPS) is 10.6. The van der Waals surface area contributed by atoms with Crippen LogP contribution in [0.15, 0.2) is 53.7 Å². The highest BCUT2D eigenvalue weighted by molar-refractivity contribution is 7.92. The summed E-state index contributed by atoms with van der Waals surface area (Å²) in [5, 5.41) is 8.64. The fourth-order valence-electron chi connectivity index (χ4n) is 1.35. The highest BCUT2D eigenvalue weighted by atomic mass is 32.2. The molecular formula is C12H9N3O2S. The van der Waals surface area contributed by atoms with E-state index < -0.39 is 10.0 Å². The number of pyridine rings is 1. The Morgan fingerprint density at radius 2 is 1.89 bits per heavy atom. The molecule has 0 unspecified atom stereocenters. The van der Waals surface area contributed by atoms with Crippen molar-refractivity contribution in [2.75, 3.05) is 4.72 Å². The van der Waals surface area contributed by atoms with Crippen molar-refractivity contribution in [1.82, 2.24) is 4.98 Å². The monoisotopic (exact) mass is 259 g/mol. The number of rotatable bonds is 3. The van der Waals surface area contributed by atoms with E-state index in [4.69, 9.17) is 5.26 Å². The molecule has 0 aliphatic rings. The van der Waals surface area contributed by atoms with Gasteiger partial charge in [0.25, 0.3) is 10.0 Å². The summed E-state index contributed by atoms with van der Waals surface area (Å²) in [6, 6.07) is 10.9. The predicted octanol–water partition coefficient (Wildman–Crippen LogP) is 1.75. The molecule has 0 spiro atoms. The molecule has 1 N–H and O–H groups in total. The van der Waals surface area contributed by atoms with Crippen LogP contribution < -0.4 is 4.72 Å². The summed E-state index contributed by atoms with van der Waals surface area (Å²) in [6.45, 7) is 0. The third-order valence-electron chi connectivity index (χ3n) is 2.21. The lowest BCUT2D eigenvalue weighted by Crippen LogP contribution is -2.12. The SMILES string of the molecule is N#Cc1ccc(S(=O)(=O)Nc2cccnc2)cc1. The summed E-state index contributed by atoms with van der Waals surface area (Å²) in [5.41, 5.74) is 0.803. The molecule has 18 heavy (non-hydrogen) atoms. The summed E-state index contributed by atoms with van der Waals surface area (Å²) >= 11 is 0. The van der Waals surface area contributed by atoms with E-state index in [1.165, 1.54) is 30.5 Å². The molecule has 0 radical (unpaired) electrons. The molecule has 0 fully saturated rings. The zero-order valence-electron chi connectivity index (χ0n) is 9.24. The van der Waals surface area contributed by atoms with E-state index in [0.29, 0.717) is 11.3 Å². The van der Waals surface area contributed by atoms with Gasteiger partial charge >= 0.3 is 0 Å². The number of sulfonamides is 1. The van der Waals surface area contributed by atoms with Crippen LogP contribution in [0.25, 0.3) is 0 Å². The molecule has 90 valence electrons. The van der Waals surface area contributed by atoms with Gasteiger partial charge in [-0.2, -0.15) is 5.26 Å². The number of hydrogen-bond acceptors (Lipinski definition) is 4. The van der Waals surface area contributed by atoms with Gasteiger partial charge in [0, 0.05) is 6.20 Å². The average Bonchev–Trinajstić information content (AvgIpc) is 2.39. The fourth-order valence-corrected chi connectivity index (χ4v) is 2.39. The molecule has 2 rings (SSSR count). The van der Waals surface area contributed by atoms with Gasteiger partial charge < -0.3 is 0 Å². The number of benzene rings is 1. The number of nitriles is 1. The van der Waals surface area contributed by atoms with E-state index >= 15 is 0 Å². The average molecular weight is 259 g/mol. The van der Waals surface area contributed by atoms with E-state index in [1.54, 1.807) is 18.3 Å². The Kier molecular flexibility index (Phi) is 3.26. The van der Waals surface area contributed by atoms with Gasteiger partial charge in [-0.05, 0) is 36.4 Å². The van der Waals surface area contributed by atoms with Crippen LogP contribution in [0.1, 0.15) is 5.56 Å². The van der Waals surface area contributed by atoms with E-state index in [1.807, 2.05) is 6.07 Å². The second kappa shape index (κ2) is 4.85. The van der Waals surface area contributed by atoms with Gasteiger partial charge in [-0.25, -0.2) is 8.42 Å². The number of aromatic nitrogens is 1. The molecule has 6 heteroatoms. The molecule has 0 saturated carbocycles. The number of nitrogens with one attached hydrogen (secondary N) is 1. The van der Waals surface area contributed by atoms with Crippen molar-refractivity contribution < 1.29 is 8.42 Å². The van der Waals surface area contributed by atoms with Crippen molar-refractivity contribution >= 4 is 15.7 Å². The van der Waals surface area contributed by atoms with E-state index in [9.17, 15) is 8.42 Å². The quantitative estimate of drug-likeness (QED) is 0.910. The highest BCUT2D eigenvalue weighted by Crippen LogP contribution is 2.15. The topological polar surface area (TPSA) is 82.8 Å². The molecule has 0 amide bonds. The van der Waals surface area contributed by atoms with Crippen LogP contribution in [-0.2, 0) is 10.0 Å². The van der Waals surface area contributed by atoms with Crippen LogP contribution >= 0.6 is 0 Å². The molecular weight excluding hydrogens is 250 g/mol. The van der Waals surface area contributed by atoms with Crippen LogP contribution in [0.2, 0.25) is 0 Å². The Hall–Kier alpha value is -2.39. The maximum absolute atomic E-state index is 12.0. The number of anilines is 1. The first-order chi connectivity index (χ1) is 8.62. The van der Waals surface area contributed by atoms with Crippen LogP contribution in [0.3, 0.4) is 0 Å². The van der Waals surface area contributed by atoms with Crippen molar-refractivity contribution in [2.24, 2.45) is 0 Å². The van der Waals surface area contributed by atoms with Crippen molar-refractivity contribution in [3.05, 3.63) is 54.4 Å². The lowest BCUT2D eigenvalue weighted by atomic mass is 10.2. The van der Waals surface area contributed by atoms with Crippen molar-refractivity contribution in [2.45, 2.75) is 4.90 Å². The van der Waals surface area contributed by atoms with Gasteiger partial charge in [0.15, 0.2) is 0 Å². The smallest absolute Gasteiger partial charge is 0.261 e. The Balaban J connectivity index is 2.29. The Labute approximate surface area is 105 Å². The minimum Gasteiger partial charge on any atom is -0.278 e. The van der Waals surface area contributed by atoms with E-state index in [2.05, 4.69) is 9.71 Å². The summed E-state index contributed by atoms with van der Waals surface area (Å²) in [6.07, 6.45) is 2.97. The van der Waals surface area contributed by atoms with Crippen LogP contribution in [0, 0.1) is 11.3 Å². The second-order valence-electron chi connectivity index (χ2n) is 3.48. The highest BCUT2D eigenvalue weighted by Gasteiger charge is 2.13. The molecule has 0 saturated heterocycles. The molecule has 0 atom stereocenters. The van der Waals surface area contributed by atoms with Crippen LogP contribution in [0.4, 0.5) is 5.69 Å². The Bertz CT molecular complexity index is 674. The molecule has 0 bridgehead atoms. The fraction of sp³-hybridized carbons (Fsp3) is 0. The van der Waals surface area contributed by atoms with Gasteiger partial charge in [-0.15, -0.1) is 0 Å². The standard InChI is InChI=1S/C12H9N3O2S/c13-8-10-3-5-12(6-4-10)18(16,17)15-11-2-1-7-14-9-11/h1-7,9,15H. The maximum Gasteiger partial charge on any atom is 0.261 e. The lowest BCUT2D eigenvalue weighted by molar-refractivity contribution is 0.601. The summed E-state index contributed by atoms with van der Waals surface area (Å²) < 4.78 is 26.4. The first kappa shape index (κ1) is 12.1. The van der Waals surface area contributed by atoms with Crippen molar-refractivity contribution in [3.8, 4) is 6.07 Å². The minimum absolute atomic E-state index is 0.102. The Morgan fingerprint density at radius 3 is 2.44 bits per heavy atom. The van der Waals surface area contributed by atoms with Gasteiger partial charge in [0.05, 0.1) is 28.4 Å². The Morgan fingerprint density at radius 1 is 1.17 bits per heavy atom. The van der Waals surface area contributed by atoms with Gasteiger partial charge in [-0.3, -0.25) is 9.71 Å². The molecule has 0 aliphatic carbocycles. The molecule has 1 aromatic carbocycles. The maximum atomic E-state index is 12.0. The summed E-state index contributed by atoms with van der Waals surface area (Å²) in [5.74, 6) is 0. The van der Waals surface area contributed by atoms with Crippen LogP contribution in [-0.4, -0.2) is 13.4 Å². The van der Waals surface area contributed by atoms with Crippen molar-refractivity contribution in [3.63, 3.8) is 0 Å². The summed E-state index contributed by atoms with van der Waals surface area (Å²) in [4.78, 5) is 3.92. The van der Waals surface area contributed by atoms with E-state index in [0.717, 1.165) is 0 Å². The molecule has 5 nitrogen and oxygen atoms in total. The molecule has 1 aromatic heterocycles. The number of nitrogens with zero attached hydrogens (tertiary/aromatic N) is 2. The second-order valence-corrected chi connectivity index (χ2v) is 5.17.